The molecule has 3 aromatic rings. The Hall–Kier alpha value is -3.16. The fraction of sp³-hybridized carbons (Fsp3) is 0.273. The van der Waals surface area contributed by atoms with Crippen LogP contribution < -0.4 is 4.46 Å². The maximum absolute atomic E-state index is 12.4. The Morgan fingerprint density at radius 3 is 2.58 bits per heavy atom. The van der Waals surface area contributed by atoms with Crippen molar-refractivity contribution >= 4 is 52.4 Å². The van der Waals surface area contributed by atoms with Crippen molar-refractivity contribution in [3.8, 4) is 0 Å². The summed E-state index contributed by atoms with van der Waals surface area (Å²) in [4.78, 5) is 30.0. The van der Waals surface area contributed by atoms with Gasteiger partial charge in [-0.2, -0.15) is 0 Å². The van der Waals surface area contributed by atoms with E-state index >= 15 is 0 Å². The summed E-state index contributed by atoms with van der Waals surface area (Å²) in [7, 11) is 3.32. The van der Waals surface area contributed by atoms with E-state index in [1.165, 1.54) is 19.2 Å². The first-order valence-corrected chi connectivity index (χ1v) is 11.5. The summed E-state index contributed by atoms with van der Waals surface area (Å²) in [5.41, 5.74) is 2.00. The van der Waals surface area contributed by atoms with E-state index in [4.69, 9.17) is 9.73 Å². The summed E-state index contributed by atoms with van der Waals surface area (Å²) in [6.07, 6.45) is 2.02. The minimum atomic E-state index is -0.422. The molecule has 1 aromatic heterocycles. The molecule has 0 saturated carbocycles. The van der Waals surface area contributed by atoms with Gasteiger partial charge in [0.25, 0.3) is 0 Å². The van der Waals surface area contributed by atoms with Crippen molar-refractivity contribution in [1.82, 2.24) is 9.47 Å². The van der Waals surface area contributed by atoms with Gasteiger partial charge in [-0.05, 0) is 0 Å². The number of aromatic nitrogens is 1. The quantitative estimate of drug-likeness (QED) is 0.128. The Kier molecular flexibility index (Phi) is 7.09. The number of hydrogen-bond donors (Lipinski definition) is 0. The number of methoxy groups -OCH3 is 1. The number of esters is 1. The molecular formula is C22H24N4O4Se. The molecule has 162 valence electrons. The van der Waals surface area contributed by atoms with E-state index in [1.807, 2.05) is 43.8 Å². The van der Waals surface area contributed by atoms with Crippen LogP contribution in [-0.4, -0.2) is 60.2 Å². The first-order chi connectivity index (χ1) is 14.9. The van der Waals surface area contributed by atoms with Gasteiger partial charge in [0.15, 0.2) is 0 Å². The predicted molar refractivity (Wildman–Crippen MR) is 123 cm³/mol. The molecule has 1 heterocycles. The summed E-state index contributed by atoms with van der Waals surface area (Å²) in [6, 6.07) is 11.9. The molecule has 0 amide bonds. The summed E-state index contributed by atoms with van der Waals surface area (Å²) >= 11 is -0.250. The molecule has 0 atom stereocenters. The van der Waals surface area contributed by atoms with E-state index in [9.17, 15) is 14.9 Å². The number of carbonyl (C=O) groups is 1. The molecule has 8 nitrogen and oxygen atoms in total. The number of fused-ring (bicyclic) bond motifs is 1. The molecule has 0 aliphatic carbocycles. The molecule has 0 saturated heterocycles. The molecule has 9 heteroatoms. The Balaban J connectivity index is 2.13. The van der Waals surface area contributed by atoms with Crippen LogP contribution in [-0.2, 0) is 11.8 Å². The van der Waals surface area contributed by atoms with E-state index in [-0.39, 0.29) is 26.6 Å². The van der Waals surface area contributed by atoms with Crippen molar-refractivity contribution in [1.29, 1.82) is 0 Å². The van der Waals surface area contributed by atoms with Crippen LogP contribution in [0.3, 0.4) is 0 Å². The summed E-state index contributed by atoms with van der Waals surface area (Å²) < 4.78 is 8.82. The second kappa shape index (κ2) is 9.76. The van der Waals surface area contributed by atoms with E-state index in [1.54, 1.807) is 18.2 Å². The van der Waals surface area contributed by atoms with E-state index in [2.05, 4.69) is 4.90 Å². The van der Waals surface area contributed by atoms with Gasteiger partial charge in [-0.1, -0.05) is 0 Å². The van der Waals surface area contributed by atoms with Gasteiger partial charge >= 0.3 is 187 Å². The van der Waals surface area contributed by atoms with Gasteiger partial charge < -0.3 is 0 Å². The second-order valence-electron chi connectivity index (χ2n) is 6.74. The minimum absolute atomic E-state index is 0.00536. The zero-order chi connectivity index (χ0) is 22.5. The Morgan fingerprint density at radius 2 is 1.94 bits per heavy atom. The number of nitro benzene ring substituents is 1. The van der Waals surface area contributed by atoms with Gasteiger partial charge in [0, 0.05) is 0 Å². The van der Waals surface area contributed by atoms with Gasteiger partial charge in [-0.25, -0.2) is 0 Å². The summed E-state index contributed by atoms with van der Waals surface area (Å²) in [6.45, 7) is 5.60. The van der Waals surface area contributed by atoms with Gasteiger partial charge in [-0.15, -0.1) is 0 Å². The third-order valence-electron chi connectivity index (χ3n) is 4.89. The van der Waals surface area contributed by atoms with Gasteiger partial charge in [-0.3, -0.25) is 0 Å². The molecule has 0 radical (unpaired) electrons. The summed E-state index contributed by atoms with van der Waals surface area (Å²) in [5, 5.41) is 12.0. The number of carbonyl (C=O) groups excluding carboxylic acids is 1. The zero-order valence-electron chi connectivity index (χ0n) is 17.9. The number of aliphatic imine (C=N–C) groups is 1. The molecule has 0 aliphatic rings. The first-order valence-electron chi connectivity index (χ1n) is 9.81. The van der Waals surface area contributed by atoms with E-state index < -0.39 is 4.92 Å². The Labute approximate surface area is 186 Å². The topological polar surface area (TPSA) is 90.0 Å². The average Bonchev–Trinajstić information content (AvgIpc) is 3.09. The van der Waals surface area contributed by atoms with Crippen LogP contribution in [0.4, 0.5) is 11.4 Å². The third kappa shape index (κ3) is 4.78. The van der Waals surface area contributed by atoms with Gasteiger partial charge in [0.05, 0.1) is 0 Å². The van der Waals surface area contributed by atoms with Gasteiger partial charge in [0.2, 0.25) is 0 Å². The number of non-ortho nitro benzene ring substituents is 1. The number of benzene rings is 2. The number of hydrogen-bond acceptors (Lipinski definition) is 5. The molecule has 2 aromatic carbocycles. The van der Waals surface area contributed by atoms with Crippen molar-refractivity contribution in [2.24, 2.45) is 12.0 Å². The second-order valence-corrected chi connectivity index (χ2v) is 8.86. The maximum atomic E-state index is 12.4. The molecule has 0 spiro atoms. The van der Waals surface area contributed by atoms with Crippen LogP contribution in [0.2, 0.25) is 0 Å². The molecule has 0 unspecified atom stereocenters. The summed E-state index contributed by atoms with van der Waals surface area (Å²) in [5.74, 6) is -0.381. The van der Waals surface area contributed by atoms with Crippen molar-refractivity contribution in [3.05, 3.63) is 64.3 Å². The van der Waals surface area contributed by atoms with E-state index in [0.717, 1.165) is 33.2 Å². The third-order valence-corrected chi connectivity index (χ3v) is 7.11. The SMILES string of the molecule is CCN(CC)C(=Nc1cccc([N+](=O)[O-])c1)[Se]c1cn(C)c2cccc(C(=O)OC)c12. The van der Waals surface area contributed by atoms with Crippen LogP contribution in [0.1, 0.15) is 24.2 Å². The van der Waals surface area contributed by atoms with Crippen LogP contribution in [0.25, 0.3) is 10.9 Å². The molecule has 0 bridgehead atoms. The molecular weight excluding hydrogens is 463 g/mol. The Bertz CT molecular complexity index is 1150. The molecule has 31 heavy (non-hydrogen) atoms. The molecule has 3 rings (SSSR count). The fourth-order valence-corrected chi connectivity index (χ4v) is 5.95. The monoisotopic (exact) mass is 488 g/mol. The number of amidine groups is 1. The van der Waals surface area contributed by atoms with Crippen molar-refractivity contribution in [2.45, 2.75) is 13.8 Å². The van der Waals surface area contributed by atoms with Crippen molar-refractivity contribution in [2.75, 3.05) is 20.2 Å². The van der Waals surface area contributed by atoms with Crippen LogP contribution in [0.15, 0.2) is 53.7 Å². The number of nitro groups is 1. The van der Waals surface area contributed by atoms with Crippen LogP contribution in [0, 0.1) is 10.1 Å². The van der Waals surface area contributed by atoms with Crippen molar-refractivity contribution in [3.63, 3.8) is 0 Å². The van der Waals surface area contributed by atoms with Crippen LogP contribution in [0.5, 0.6) is 0 Å². The van der Waals surface area contributed by atoms with Crippen molar-refractivity contribution < 1.29 is 14.5 Å². The molecule has 0 aliphatic heterocycles. The number of rotatable bonds is 7. The number of nitrogens with zero attached hydrogens (tertiary/aromatic N) is 4. The fourth-order valence-electron chi connectivity index (χ4n) is 3.30. The van der Waals surface area contributed by atoms with Gasteiger partial charge in [0.1, 0.15) is 0 Å². The normalized spacial score (nSPS) is 11.5. The number of aryl methyl sites for hydroxylation is 1. The predicted octanol–water partition coefficient (Wildman–Crippen LogP) is 3.23. The van der Waals surface area contributed by atoms with Crippen LogP contribution >= 0.6 is 0 Å². The first kappa shape index (κ1) is 22.5. The standard InChI is InChI=1S/C22H24N4O4Se/c1-5-25(6-2)22(23-15-9-7-10-16(13-15)26(28)29)31-19-14-24(3)18-12-8-11-17(20(18)19)21(27)30-4/h7-14H,5-6H2,1-4H3. The van der Waals surface area contributed by atoms with E-state index in [0.29, 0.717) is 11.3 Å². The number of ether oxygens (including phenoxy) is 1. The average molecular weight is 487 g/mol. The molecule has 0 fully saturated rings. The zero-order valence-corrected chi connectivity index (χ0v) is 19.6. The Morgan fingerprint density at radius 1 is 1.23 bits per heavy atom. The molecule has 0 N–H and O–H groups in total.